The van der Waals surface area contributed by atoms with Crippen LogP contribution in [0.3, 0.4) is 0 Å². The molecule has 5 nitrogen and oxygen atoms in total. The molecule has 1 heterocycles. The molecule has 0 aromatic heterocycles. The number of benzene rings is 1. The number of hydrogen-bond donors (Lipinski definition) is 1. The van der Waals surface area contributed by atoms with Crippen LogP contribution < -0.4 is 5.32 Å². The smallest absolute Gasteiger partial charge is 0.337 e. The van der Waals surface area contributed by atoms with Gasteiger partial charge in [-0.05, 0) is 31.5 Å². The van der Waals surface area contributed by atoms with Gasteiger partial charge in [0.2, 0.25) is 0 Å². The van der Waals surface area contributed by atoms with Gasteiger partial charge in [0.1, 0.15) is 0 Å². The number of carbonyl (C=O) groups is 1. The van der Waals surface area contributed by atoms with Gasteiger partial charge in [0.25, 0.3) is 0 Å². The van der Waals surface area contributed by atoms with Crippen LogP contribution in [0.25, 0.3) is 0 Å². The summed E-state index contributed by atoms with van der Waals surface area (Å²) < 4.78 is 16.3. The predicted molar refractivity (Wildman–Crippen MR) is 79.3 cm³/mol. The molecule has 2 rings (SSSR count). The third-order valence-electron chi connectivity index (χ3n) is 3.36. The van der Waals surface area contributed by atoms with Crippen molar-refractivity contribution in [3.8, 4) is 0 Å². The zero-order chi connectivity index (χ0) is 15.3. The summed E-state index contributed by atoms with van der Waals surface area (Å²) >= 11 is 0. The van der Waals surface area contributed by atoms with Crippen LogP contribution in [0.15, 0.2) is 24.3 Å². The van der Waals surface area contributed by atoms with Gasteiger partial charge < -0.3 is 19.5 Å². The molecule has 0 radical (unpaired) electrons. The van der Waals surface area contributed by atoms with Gasteiger partial charge in [0.05, 0.1) is 37.6 Å². The third kappa shape index (κ3) is 4.81. The Morgan fingerprint density at radius 1 is 1.38 bits per heavy atom. The third-order valence-corrected chi connectivity index (χ3v) is 3.36. The zero-order valence-electron chi connectivity index (χ0n) is 12.8. The highest BCUT2D eigenvalue weighted by atomic mass is 16.5. The lowest BCUT2D eigenvalue weighted by molar-refractivity contribution is -0.122. The molecule has 1 fully saturated rings. The Hall–Kier alpha value is -1.43. The van der Waals surface area contributed by atoms with Crippen LogP contribution in [0.1, 0.15) is 29.8 Å². The summed E-state index contributed by atoms with van der Waals surface area (Å²) in [5.74, 6) is -0.327. The number of morpholine rings is 1. The number of nitrogens with one attached hydrogen (secondary N) is 1. The molecule has 0 amide bonds. The summed E-state index contributed by atoms with van der Waals surface area (Å²) in [5.41, 5.74) is 1.42. The number of hydrogen-bond acceptors (Lipinski definition) is 5. The first-order valence-electron chi connectivity index (χ1n) is 7.14. The molecule has 21 heavy (non-hydrogen) atoms. The van der Waals surface area contributed by atoms with Gasteiger partial charge in [-0.2, -0.15) is 0 Å². The molecule has 5 heteroatoms. The van der Waals surface area contributed by atoms with Crippen molar-refractivity contribution in [2.24, 2.45) is 0 Å². The molecule has 1 atom stereocenters. The highest BCUT2D eigenvalue weighted by molar-refractivity contribution is 5.89. The Balaban J connectivity index is 1.77. The second-order valence-corrected chi connectivity index (χ2v) is 5.83. The highest BCUT2D eigenvalue weighted by Crippen LogP contribution is 2.16. The van der Waals surface area contributed by atoms with Crippen LogP contribution in [0.5, 0.6) is 0 Å². The van der Waals surface area contributed by atoms with Crippen LogP contribution in [-0.4, -0.2) is 44.5 Å². The van der Waals surface area contributed by atoms with Crippen LogP contribution in [-0.2, 0) is 20.8 Å². The van der Waals surface area contributed by atoms with Crippen molar-refractivity contribution in [3.05, 3.63) is 35.4 Å². The van der Waals surface area contributed by atoms with Crippen molar-refractivity contribution in [1.29, 1.82) is 0 Å². The van der Waals surface area contributed by atoms with Gasteiger partial charge in [0.15, 0.2) is 0 Å². The molecule has 1 saturated heterocycles. The molecule has 1 N–H and O–H groups in total. The number of esters is 1. The minimum absolute atomic E-state index is 0.0723. The Morgan fingerprint density at radius 3 is 2.71 bits per heavy atom. The fourth-order valence-corrected chi connectivity index (χ4v) is 2.32. The molecular weight excluding hydrogens is 270 g/mol. The van der Waals surface area contributed by atoms with E-state index in [1.54, 1.807) is 12.1 Å². The van der Waals surface area contributed by atoms with Crippen molar-refractivity contribution in [3.63, 3.8) is 0 Å². The van der Waals surface area contributed by atoms with Gasteiger partial charge >= 0.3 is 5.97 Å². The van der Waals surface area contributed by atoms with E-state index in [0.29, 0.717) is 18.8 Å². The second-order valence-electron chi connectivity index (χ2n) is 5.83. The van der Waals surface area contributed by atoms with E-state index in [9.17, 15) is 4.79 Å². The highest BCUT2D eigenvalue weighted by Gasteiger charge is 2.28. The topological polar surface area (TPSA) is 56.8 Å². The molecule has 0 saturated carbocycles. The summed E-state index contributed by atoms with van der Waals surface area (Å²) in [6.45, 7) is 6.86. The molecule has 1 aromatic carbocycles. The van der Waals surface area contributed by atoms with Crippen molar-refractivity contribution in [1.82, 2.24) is 5.32 Å². The average molecular weight is 293 g/mol. The van der Waals surface area contributed by atoms with E-state index in [2.05, 4.69) is 23.9 Å². The lowest BCUT2D eigenvalue weighted by Gasteiger charge is -2.36. The van der Waals surface area contributed by atoms with E-state index in [0.717, 1.165) is 18.7 Å². The average Bonchev–Trinajstić information content (AvgIpc) is 2.46. The van der Waals surface area contributed by atoms with Crippen molar-refractivity contribution in [2.45, 2.75) is 32.2 Å². The van der Waals surface area contributed by atoms with E-state index in [-0.39, 0.29) is 17.7 Å². The van der Waals surface area contributed by atoms with Crippen LogP contribution in [0.2, 0.25) is 0 Å². The normalized spacial score (nSPS) is 21.0. The molecule has 1 aromatic rings. The lowest BCUT2D eigenvalue weighted by atomic mass is 10.1. The maximum Gasteiger partial charge on any atom is 0.337 e. The van der Waals surface area contributed by atoms with Gasteiger partial charge in [-0.25, -0.2) is 4.79 Å². The Bertz CT molecular complexity index is 470. The minimum Gasteiger partial charge on any atom is -0.465 e. The standard InChI is InChI=1S/C16H23NO4/c1-16(2)11-17-8-14(21-16)10-20-9-12-4-6-13(7-5-12)15(18)19-3/h4-7,14,17H,8-11H2,1-3H3. The fraction of sp³-hybridized carbons (Fsp3) is 0.562. The SMILES string of the molecule is COC(=O)c1ccc(COCC2CNCC(C)(C)O2)cc1. The van der Waals surface area contributed by atoms with Crippen LogP contribution >= 0.6 is 0 Å². The first-order chi connectivity index (χ1) is 10.00. The Kier molecular flexibility index (Phi) is 5.33. The maximum absolute atomic E-state index is 11.3. The van der Waals surface area contributed by atoms with Gasteiger partial charge in [-0.3, -0.25) is 0 Å². The van der Waals surface area contributed by atoms with Crippen molar-refractivity contribution in [2.75, 3.05) is 26.8 Å². The number of methoxy groups -OCH3 is 1. The summed E-state index contributed by atoms with van der Waals surface area (Å²) in [6.07, 6.45) is 0.0723. The zero-order valence-corrected chi connectivity index (χ0v) is 12.8. The molecule has 1 unspecified atom stereocenters. The largest absolute Gasteiger partial charge is 0.465 e. The minimum atomic E-state index is -0.327. The molecule has 0 aliphatic carbocycles. The molecule has 1 aliphatic heterocycles. The molecular formula is C16H23NO4. The second kappa shape index (κ2) is 7.02. The fourth-order valence-electron chi connectivity index (χ4n) is 2.32. The van der Waals surface area contributed by atoms with Crippen molar-refractivity contribution >= 4 is 5.97 Å². The van der Waals surface area contributed by atoms with Gasteiger partial charge in [-0.1, -0.05) is 12.1 Å². The van der Waals surface area contributed by atoms with Crippen molar-refractivity contribution < 1.29 is 19.0 Å². The first-order valence-corrected chi connectivity index (χ1v) is 7.14. The lowest BCUT2D eigenvalue weighted by Crippen LogP contribution is -2.51. The number of ether oxygens (including phenoxy) is 3. The van der Waals surface area contributed by atoms with E-state index in [1.807, 2.05) is 12.1 Å². The Morgan fingerprint density at radius 2 is 2.10 bits per heavy atom. The Labute approximate surface area is 125 Å². The van der Waals surface area contributed by atoms with Crippen LogP contribution in [0.4, 0.5) is 0 Å². The van der Waals surface area contributed by atoms with E-state index < -0.39 is 0 Å². The quantitative estimate of drug-likeness (QED) is 0.838. The van der Waals surface area contributed by atoms with E-state index in [4.69, 9.17) is 9.47 Å². The summed E-state index contributed by atoms with van der Waals surface area (Å²) in [4.78, 5) is 11.3. The molecule has 116 valence electrons. The molecule has 0 bridgehead atoms. The summed E-state index contributed by atoms with van der Waals surface area (Å²) in [5, 5.41) is 3.34. The van der Waals surface area contributed by atoms with E-state index in [1.165, 1.54) is 7.11 Å². The van der Waals surface area contributed by atoms with Crippen LogP contribution in [0, 0.1) is 0 Å². The first kappa shape index (κ1) is 15.9. The van der Waals surface area contributed by atoms with E-state index >= 15 is 0 Å². The maximum atomic E-state index is 11.3. The molecule has 0 spiro atoms. The summed E-state index contributed by atoms with van der Waals surface area (Å²) in [6, 6.07) is 7.23. The van der Waals surface area contributed by atoms with Gasteiger partial charge in [-0.15, -0.1) is 0 Å². The summed E-state index contributed by atoms with van der Waals surface area (Å²) in [7, 11) is 1.37. The molecule has 1 aliphatic rings. The number of rotatable bonds is 5. The monoisotopic (exact) mass is 293 g/mol. The van der Waals surface area contributed by atoms with Gasteiger partial charge in [0, 0.05) is 13.1 Å². The number of carbonyl (C=O) groups excluding carboxylic acids is 1. The predicted octanol–water partition coefficient (Wildman–Crippen LogP) is 1.76.